The van der Waals surface area contributed by atoms with E-state index in [0.717, 1.165) is 6.42 Å². The first-order valence-corrected chi connectivity index (χ1v) is 9.01. The minimum atomic E-state index is -3.58. The van der Waals surface area contributed by atoms with E-state index in [1.165, 1.54) is 6.20 Å². The van der Waals surface area contributed by atoms with Crippen LogP contribution in [0.3, 0.4) is 0 Å². The van der Waals surface area contributed by atoms with Crippen LogP contribution in [0.5, 0.6) is 0 Å². The fourth-order valence-corrected chi connectivity index (χ4v) is 3.02. The first kappa shape index (κ1) is 18.7. The van der Waals surface area contributed by atoms with E-state index in [9.17, 15) is 8.42 Å². The normalized spacial score (nSPS) is 12.7. The molecule has 0 aliphatic carbocycles. The molecule has 1 N–H and O–H groups in total. The summed E-state index contributed by atoms with van der Waals surface area (Å²) in [4.78, 5) is 0.216. The Bertz CT molecular complexity index is 538. The Kier molecular flexibility index (Phi) is 7.58. The molecule has 0 amide bonds. The molecule has 6 heteroatoms. The van der Waals surface area contributed by atoms with Gasteiger partial charge in [-0.3, -0.25) is 4.72 Å². The third-order valence-electron chi connectivity index (χ3n) is 2.99. The summed E-state index contributed by atoms with van der Waals surface area (Å²) in [6, 6.07) is 8.21. The average Bonchev–Trinajstić information content (AvgIpc) is 2.49. The van der Waals surface area contributed by atoms with Crippen molar-refractivity contribution >= 4 is 10.0 Å². The van der Waals surface area contributed by atoms with Crippen molar-refractivity contribution in [3.05, 3.63) is 42.6 Å². The van der Waals surface area contributed by atoms with Crippen LogP contribution in [0.15, 0.2) is 47.5 Å². The molecule has 0 radical (unpaired) electrons. The Morgan fingerprint density at radius 3 is 2.18 bits per heavy atom. The Hall–Kier alpha value is -1.37. The highest BCUT2D eigenvalue weighted by molar-refractivity contribution is 7.89. The second-order valence-electron chi connectivity index (χ2n) is 4.70. The Morgan fingerprint density at radius 1 is 1.09 bits per heavy atom. The maximum Gasteiger partial charge on any atom is 0.261 e. The highest BCUT2D eigenvalue weighted by Gasteiger charge is 2.27. The number of rotatable bonds is 10. The zero-order valence-electron chi connectivity index (χ0n) is 13.4. The smallest absolute Gasteiger partial charge is 0.261 e. The molecular formula is C16H25NO4S. The maximum atomic E-state index is 12.1. The van der Waals surface area contributed by atoms with Crippen LogP contribution in [0.4, 0.5) is 0 Å². The van der Waals surface area contributed by atoms with Crippen molar-refractivity contribution in [2.45, 2.75) is 44.3 Å². The van der Waals surface area contributed by atoms with Gasteiger partial charge in [-0.05, 0) is 32.1 Å². The quantitative estimate of drug-likeness (QED) is 0.671. The van der Waals surface area contributed by atoms with Crippen LogP contribution in [0, 0.1) is 0 Å². The van der Waals surface area contributed by atoms with Crippen LogP contribution in [-0.4, -0.2) is 27.4 Å². The summed E-state index contributed by atoms with van der Waals surface area (Å²) in [5.74, 6) is -0.891. The zero-order valence-corrected chi connectivity index (χ0v) is 14.2. The second kappa shape index (κ2) is 8.92. The van der Waals surface area contributed by atoms with Crippen molar-refractivity contribution in [1.82, 2.24) is 4.72 Å². The molecule has 0 unspecified atom stereocenters. The van der Waals surface area contributed by atoms with Crippen molar-refractivity contribution in [3.63, 3.8) is 0 Å². The summed E-state index contributed by atoms with van der Waals surface area (Å²) in [6.45, 7) is 6.75. The molecule has 124 valence electrons. The van der Waals surface area contributed by atoms with Crippen molar-refractivity contribution in [2.24, 2.45) is 0 Å². The Labute approximate surface area is 133 Å². The molecule has 0 saturated heterocycles. The molecule has 0 aromatic heterocycles. The number of benzene rings is 1. The van der Waals surface area contributed by atoms with Crippen LogP contribution >= 0.6 is 0 Å². The predicted octanol–water partition coefficient (Wildman–Crippen LogP) is 3.05. The van der Waals surface area contributed by atoms with E-state index in [1.807, 2.05) is 20.8 Å². The molecule has 0 saturated carbocycles. The molecule has 1 aromatic rings. The molecule has 0 spiro atoms. The zero-order chi connectivity index (χ0) is 16.5. The molecule has 0 fully saturated rings. The van der Waals surface area contributed by atoms with Gasteiger partial charge in [0.2, 0.25) is 0 Å². The van der Waals surface area contributed by atoms with Gasteiger partial charge in [-0.25, -0.2) is 8.42 Å². The van der Waals surface area contributed by atoms with Crippen LogP contribution in [0.25, 0.3) is 0 Å². The van der Waals surface area contributed by atoms with Gasteiger partial charge in [-0.15, -0.1) is 0 Å². The van der Waals surface area contributed by atoms with Crippen LogP contribution in [0.1, 0.15) is 33.6 Å². The molecule has 0 heterocycles. The van der Waals surface area contributed by atoms with Crippen molar-refractivity contribution in [3.8, 4) is 0 Å². The topological polar surface area (TPSA) is 64.6 Å². The van der Waals surface area contributed by atoms with Crippen LogP contribution in [-0.2, 0) is 19.5 Å². The van der Waals surface area contributed by atoms with Gasteiger partial charge in [-0.2, -0.15) is 0 Å². The van der Waals surface area contributed by atoms with Crippen LogP contribution < -0.4 is 4.72 Å². The van der Waals surface area contributed by atoms with Gasteiger partial charge < -0.3 is 9.47 Å². The number of hydrogen-bond acceptors (Lipinski definition) is 4. The minimum Gasteiger partial charge on any atom is -0.347 e. The molecule has 22 heavy (non-hydrogen) atoms. The third-order valence-corrected chi connectivity index (χ3v) is 4.33. The Balaban J connectivity index is 2.87. The van der Waals surface area contributed by atoms with E-state index in [4.69, 9.17) is 9.47 Å². The average molecular weight is 327 g/mol. The molecule has 0 aliphatic rings. The van der Waals surface area contributed by atoms with Gasteiger partial charge in [0.1, 0.15) is 0 Å². The van der Waals surface area contributed by atoms with E-state index in [2.05, 4.69) is 4.72 Å². The molecule has 0 aliphatic heterocycles. The van der Waals surface area contributed by atoms with Gasteiger partial charge in [0.15, 0.2) is 5.79 Å². The lowest BCUT2D eigenvalue weighted by Crippen LogP contribution is -2.34. The lowest BCUT2D eigenvalue weighted by Gasteiger charge is -2.30. The minimum absolute atomic E-state index is 0.216. The highest BCUT2D eigenvalue weighted by Crippen LogP contribution is 2.22. The number of ether oxygens (including phenoxy) is 2. The summed E-state index contributed by atoms with van der Waals surface area (Å²) in [7, 11) is -3.58. The lowest BCUT2D eigenvalue weighted by atomic mass is 10.1. The van der Waals surface area contributed by atoms with E-state index in [0.29, 0.717) is 19.6 Å². The van der Waals surface area contributed by atoms with E-state index < -0.39 is 15.8 Å². The molecule has 1 aromatic carbocycles. The van der Waals surface area contributed by atoms with E-state index >= 15 is 0 Å². The van der Waals surface area contributed by atoms with Crippen molar-refractivity contribution < 1.29 is 17.9 Å². The van der Waals surface area contributed by atoms with Gasteiger partial charge in [0.25, 0.3) is 10.0 Å². The monoisotopic (exact) mass is 327 g/mol. The standard InChI is InChI=1S/C16H25NO4S/c1-4-12-16(20-5-2,21-6-3)13-14-17-22(18,19)15-10-8-7-9-11-15/h7-11,13-14,17H,4-6,12H2,1-3H3. The SMILES string of the molecule is CCCC(C=CNS(=O)(=O)c1ccccc1)(OCC)OCC. The van der Waals surface area contributed by atoms with Crippen molar-refractivity contribution in [1.29, 1.82) is 0 Å². The number of nitrogens with one attached hydrogen (secondary N) is 1. The fourth-order valence-electron chi connectivity index (χ4n) is 2.12. The first-order chi connectivity index (χ1) is 10.5. The molecule has 5 nitrogen and oxygen atoms in total. The second-order valence-corrected chi connectivity index (χ2v) is 6.41. The van der Waals surface area contributed by atoms with Gasteiger partial charge in [-0.1, -0.05) is 31.5 Å². The van der Waals surface area contributed by atoms with E-state index in [-0.39, 0.29) is 4.90 Å². The predicted molar refractivity (Wildman–Crippen MR) is 86.8 cm³/mol. The summed E-state index contributed by atoms with van der Waals surface area (Å²) < 4.78 is 38.1. The van der Waals surface area contributed by atoms with Crippen LogP contribution in [0.2, 0.25) is 0 Å². The summed E-state index contributed by atoms with van der Waals surface area (Å²) in [6.07, 6.45) is 4.52. The third kappa shape index (κ3) is 5.44. The number of hydrogen-bond donors (Lipinski definition) is 1. The molecular weight excluding hydrogens is 302 g/mol. The summed E-state index contributed by atoms with van der Waals surface area (Å²) in [5.41, 5.74) is 0. The molecule has 0 atom stereocenters. The highest BCUT2D eigenvalue weighted by atomic mass is 32.2. The fraction of sp³-hybridized carbons (Fsp3) is 0.500. The summed E-state index contributed by atoms with van der Waals surface area (Å²) in [5, 5.41) is 0. The largest absolute Gasteiger partial charge is 0.347 e. The summed E-state index contributed by atoms with van der Waals surface area (Å²) >= 11 is 0. The van der Waals surface area contributed by atoms with E-state index in [1.54, 1.807) is 36.4 Å². The lowest BCUT2D eigenvalue weighted by molar-refractivity contribution is -0.203. The maximum absolute atomic E-state index is 12.1. The Morgan fingerprint density at radius 2 is 1.68 bits per heavy atom. The molecule has 0 bridgehead atoms. The first-order valence-electron chi connectivity index (χ1n) is 7.52. The molecule has 1 rings (SSSR count). The van der Waals surface area contributed by atoms with Crippen molar-refractivity contribution in [2.75, 3.05) is 13.2 Å². The number of sulfonamides is 1. The van der Waals surface area contributed by atoms with Gasteiger partial charge in [0.05, 0.1) is 4.90 Å². The van der Waals surface area contributed by atoms with Gasteiger partial charge >= 0.3 is 0 Å². The van der Waals surface area contributed by atoms with Gasteiger partial charge in [0, 0.05) is 25.8 Å².